The van der Waals surface area contributed by atoms with Crippen LogP contribution in [0.25, 0.3) is 0 Å². The minimum Gasteiger partial charge on any atom is -0.348 e. The van der Waals surface area contributed by atoms with Gasteiger partial charge in [0.1, 0.15) is 5.69 Å². The number of amides is 1. The fraction of sp³-hybridized carbons (Fsp3) is 0.200. The van der Waals surface area contributed by atoms with Gasteiger partial charge in [0.25, 0.3) is 0 Å². The number of carbonyl (C=O) groups is 1. The molecule has 0 radical (unpaired) electrons. The van der Waals surface area contributed by atoms with E-state index in [-0.39, 0.29) is 6.54 Å². The molecule has 3 nitrogen and oxygen atoms in total. The largest absolute Gasteiger partial charge is 0.433 e. The molecule has 1 N–H and O–H groups in total. The predicted molar refractivity (Wildman–Crippen MR) is 51.3 cm³/mol. The van der Waals surface area contributed by atoms with Crippen molar-refractivity contribution in [2.24, 2.45) is 0 Å². The van der Waals surface area contributed by atoms with Gasteiger partial charge in [0.15, 0.2) is 0 Å². The fourth-order valence-corrected chi connectivity index (χ4v) is 1.00. The van der Waals surface area contributed by atoms with Crippen LogP contribution in [0.1, 0.15) is 11.3 Å². The summed E-state index contributed by atoms with van der Waals surface area (Å²) < 4.78 is 36.8. The summed E-state index contributed by atoms with van der Waals surface area (Å²) in [5, 5.41) is 2.38. The number of aromatic nitrogens is 1. The summed E-state index contributed by atoms with van der Waals surface area (Å²) in [7, 11) is 0. The number of halogens is 3. The van der Waals surface area contributed by atoms with Crippen LogP contribution in [0.2, 0.25) is 0 Å². The van der Waals surface area contributed by atoms with Crippen LogP contribution in [0.5, 0.6) is 0 Å². The van der Waals surface area contributed by atoms with Gasteiger partial charge in [0, 0.05) is 12.7 Å². The van der Waals surface area contributed by atoms with Gasteiger partial charge in [-0.1, -0.05) is 6.58 Å². The summed E-state index contributed by atoms with van der Waals surface area (Å²) >= 11 is 0. The van der Waals surface area contributed by atoms with E-state index in [0.29, 0.717) is 5.56 Å². The lowest BCUT2D eigenvalue weighted by Crippen LogP contribution is -2.20. The van der Waals surface area contributed by atoms with E-state index in [1.165, 1.54) is 6.07 Å². The van der Waals surface area contributed by atoms with Crippen LogP contribution < -0.4 is 5.32 Å². The standard InChI is InChI=1S/C10H9F3N2O/c1-2-9(16)15-6-7-3-4-14-8(5-7)10(11,12)13/h2-5H,1,6H2,(H,15,16). The predicted octanol–water partition coefficient (Wildman–Crippen LogP) is 1.90. The summed E-state index contributed by atoms with van der Waals surface area (Å²) in [6, 6.07) is 2.29. The Bertz CT molecular complexity index is 401. The minimum atomic E-state index is -4.47. The lowest BCUT2D eigenvalue weighted by molar-refractivity contribution is -0.141. The van der Waals surface area contributed by atoms with Crippen LogP contribution in [-0.2, 0) is 17.5 Å². The molecule has 0 aliphatic rings. The third-order valence-electron chi connectivity index (χ3n) is 1.77. The van der Waals surface area contributed by atoms with E-state index in [9.17, 15) is 18.0 Å². The zero-order valence-electron chi connectivity index (χ0n) is 8.21. The molecule has 0 fully saturated rings. The molecule has 0 saturated carbocycles. The second kappa shape index (κ2) is 4.78. The molecule has 0 aliphatic heterocycles. The Morgan fingerprint density at radius 1 is 1.56 bits per heavy atom. The molecule has 86 valence electrons. The summed E-state index contributed by atoms with van der Waals surface area (Å²) in [5.41, 5.74) is -0.643. The maximum absolute atomic E-state index is 12.3. The smallest absolute Gasteiger partial charge is 0.348 e. The quantitative estimate of drug-likeness (QED) is 0.806. The van der Waals surface area contributed by atoms with E-state index in [1.54, 1.807) is 0 Å². The third-order valence-corrected chi connectivity index (χ3v) is 1.77. The first kappa shape index (κ1) is 12.2. The van der Waals surface area contributed by atoms with Gasteiger partial charge in [0.2, 0.25) is 5.91 Å². The van der Waals surface area contributed by atoms with E-state index in [0.717, 1.165) is 18.3 Å². The van der Waals surface area contributed by atoms with Crippen LogP contribution in [0, 0.1) is 0 Å². The van der Waals surface area contributed by atoms with Gasteiger partial charge in [-0.2, -0.15) is 13.2 Å². The topological polar surface area (TPSA) is 42.0 Å². The molecule has 1 aromatic heterocycles. The lowest BCUT2D eigenvalue weighted by atomic mass is 10.2. The maximum atomic E-state index is 12.3. The van der Waals surface area contributed by atoms with Crippen molar-refractivity contribution in [2.45, 2.75) is 12.7 Å². The molecule has 0 aromatic carbocycles. The highest BCUT2D eigenvalue weighted by Gasteiger charge is 2.32. The van der Waals surface area contributed by atoms with Gasteiger partial charge in [0.05, 0.1) is 0 Å². The second-order valence-corrected chi connectivity index (χ2v) is 2.97. The molecule has 1 amide bonds. The van der Waals surface area contributed by atoms with Gasteiger partial charge in [-0.05, 0) is 23.8 Å². The summed E-state index contributed by atoms with van der Waals surface area (Å²) in [4.78, 5) is 14.0. The Balaban J connectivity index is 2.75. The van der Waals surface area contributed by atoms with Crippen LogP contribution in [0.4, 0.5) is 13.2 Å². The fourth-order valence-electron chi connectivity index (χ4n) is 1.00. The van der Waals surface area contributed by atoms with Crippen molar-refractivity contribution in [2.75, 3.05) is 0 Å². The highest BCUT2D eigenvalue weighted by molar-refractivity contribution is 5.86. The number of hydrogen-bond acceptors (Lipinski definition) is 2. The minimum absolute atomic E-state index is 0.0104. The molecule has 1 heterocycles. The number of pyridine rings is 1. The first-order chi connectivity index (χ1) is 7.43. The molecule has 0 atom stereocenters. The Morgan fingerprint density at radius 3 is 2.81 bits per heavy atom. The Morgan fingerprint density at radius 2 is 2.25 bits per heavy atom. The molecule has 0 aliphatic carbocycles. The Labute approximate surface area is 90.0 Å². The van der Waals surface area contributed by atoms with E-state index in [2.05, 4.69) is 16.9 Å². The van der Waals surface area contributed by atoms with E-state index < -0.39 is 17.8 Å². The van der Waals surface area contributed by atoms with Crippen molar-refractivity contribution >= 4 is 5.91 Å². The van der Waals surface area contributed by atoms with Crippen molar-refractivity contribution in [3.63, 3.8) is 0 Å². The van der Waals surface area contributed by atoms with E-state index in [4.69, 9.17) is 0 Å². The van der Waals surface area contributed by atoms with Gasteiger partial charge in [-0.25, -0.2) is 0 Å². The van der Waals surface area contributed by atoms with Gasteiger partial charge < -0.3 is 5.32 Å². The lowest BCUT2D eigenvalue weighted by Gasteiger charge is -2.07. The number of nitrogens with zero attached hydrogens (tertiary/aromatic N) is 1. The van der Waals surface area contributed by atoms with Gasteiger partial charge in [-0.15, -0.1) is 0 Å². The molecule has 1 rings (SSSR count). The molecule has 0 unspecified atom stereocenters. The van der Waals surface area contributed by atoms with Crippen LogP contribution in [-0.4, -0.2) is 10.9 Å². The van der Waals surface area contributed by atoms with Crippen molar-refractivity contribution in [3.05, 3.63) is 42.2 Å². The average Bonchev–Trinajstić information content (AvgIpc) is 2.25. The maximum Gasteiger partial charge on any atom is 0.433 e. The van der Waals surface area contributed by atoms with Crippen LogP contribution in [0.3, 0.4) is 0 Å². The van der Waals surface area contributed by atoms with Crippen molar-refractivity contribution in [1.29, 1.82) is 0 Å². The molecule has 0 bridgehead atoms. The number of hydrogen-bond donors (Lipinski definition) is 1. The summed E-state index contributed by atoms with van der Waals surface area (Å²) in [6.07, 6.45) is -2.37. The molecule has 16 heavy (non-hydrogen) atoms. The molecular formula is C10H9F3N2O. The summed E-state index contributed by atoms with van der Waals surface area (Å²) in [6.45, 7) is 3.24. The van der Waals surface area contributed by atoms with Gasteiger partial charge in [-0.3, -0.25) is 9.78 Å². The monoisotopic (exact) mass is 230 g/mol. The molecule has 1 aromatic rings. The van der Waals surface area contributed by atoms with Crippen molar-refractivity contribution in [3.8, 4) is 0 Å². The molecule has 0 saturated heterocycles. The van der Waals surface area contributed by atoms with E-state index >= 15 is 0 Å². The van der Waals surface area contributed by atoms with Crippen molar-refractivity contribution in [1.82, 2.24) is 10.3 Å². The molecular weight excluding hydrogens is 221 g/mol. The van der Waals surface area contributed by atoms with Crippen LogP contribution >= 0.6 is 0 Å². The van der Waals surface area contributed by atoms with Crippen LogP contribution in [0.15, 0.2) is 31.0 Å². The van der Waals surface area contributed by atoms with E-state index in [1.807, 2.05) is 0 Å². The SMILES string of the molecule is C=CC(=O)NCc1ccnc(C(F)(F)F)c1. The number of carbonyl (C=O) groups excluding carboxylic acids is 1. The Hall–Kier alpha value is -1.85. The normalized spacial score (nSPS) is 10.9. The number of rotatable bonds is 3. The zero-order valence-corrected chi connectivity index (χ0v) is 8.21. The first-order valence-corrected chi connectivity index (χ1v) is 4.36. The summed E-state index contributed by atoms with van der Waals surface area (Å²) in [5.74, 6) is -0.439. The highest BCUT2D eigenvalue weighted by Crippen LogP contribution is 2.27. The molecule has 6 heteroatoms. The zero-order chi connectivity index (χ0) is 12.2. The molecule has 0 spiro atoms. The second-order valence-electron chi connectivity index (χ2n) is 2.97. The number of nitrogens with one attached hydrogen (secondary N) is 1. The highest BCUT2D eigenvalue weighted by atomic mass is 19.4. The third kappa shape index (κ3) is 3.38. The average molecular weight is 230 g/mol. The Kier molecular flexibility index (Phi) is 3.65. The first-order valence-electron chi connectivity index (χ1n) is 4.36. The van der Waals surface area contributed by atoms with Gasteiger partial charge >= 0.3 is 6.18 Å². The number of alkyl halides is 3. The van der Waals surface area contributed by atoms with Crippen molar-refractivity contribution < 1.29 is 18.0 Å².